The molecule has 2 amide bonds. The highest BCUT2D eigenvalue weighted by atomic mass is 35.5. The Morgan fingerprint density at radius 1 is 1.13 bits per heavy atom. The molecular weight excluding hydrogens is 318 g/mol. The second-order valence-electron chi connectivity index (χ2n) is 6.17. The normalized spacial score (nSPS) is 25.1. The lowest BCUT2D eigenvalue weighted by atomic mass is 9.94. The highest BCUT2D eigenvalue weighted by Gasteiger charge is 2.35. The number of carbonyl (C=O) groups excluding carboxylic acids is 2. The van der Waals surface area contributed by atoms with E-state index >= 15 is 0 Å². The first-order valence-electron chi connectivity index (χ1n) is 8.53. The van der Waals surface area contributed by atoms with Crippen LogP contribution in [0.25, 0.3) is 0 Å². The van der Waals surface area contributed by atoms with Crippen LogP contribution >= 0.6 is 12.4 Å². The van der Waals surface area contributed by atoms with E-state index in [1.165, 1.54) is 0 Å². The number of nitrogens with zero attached hydrogens (tertiary/aromatic N) is 2. The largest absolute Gasteiger partial charge is 0.364 e. The van der Waals surface area contributed by atoms with E-state index in [0.29, 0.717) is 19.6 Å². The van der Waals surface area contributed by atoms with Crippen molar-refractivity contribution in [1.29, 1.82) is 0 Å². The Labute approximate surface area is 145 Å². The Balaban J connectivity index is 0.00000264. The van der Waals surface area contributed by atoms with Gasteiger partial charge in [-0.25, -0.2) is 0 Å². The van der Waals surface area contributed by atoms with Gasteiger partial charge in [0.1, 0.15) is 6.10 Å². The van der Waals surface area contributed by atoms with E-state index in [4.69, 9.17) is 10.5 Å². The molecular formula is C16H30ClN3O3. The number of amides is 2. The molecule has 0 bridgehead atoms. The molecule has 23 heavy (non-hydrogen) atoms. The average molecular weight is 348 g/mol. The lowest BCUT2D eigenvalue weighted by Crippen LogP contribution is -2.47. The lowest BCUT2D eigenvalue weighted by Gasteiger charge is -2.34. The van der Waals surface area contributed by atoms with Crippen LogP contribution in [0.3, 0.4) is 0 Å². The molecule has 2 rings (SSSR count). The molecule has 0 spiro atoms. The number of halogens is 1. The standard InChI is InChI=1S/C16H29N3O3.ClH/c1-3-18(4-2)15(20)12-7-9-19(10-8-12)16(21)14-6-5-13(11-17)22-14;/h12-14H,3-11,17H2,1-2H3;1H/t13-,14+;/m1./s1. The Morgan fingerprint density at radius 2 is 1.74 bits per heavy atom. The summed E-state index contributed by atoms with van der Waals surface area (Å²) >= 11 is 0. The molecule has 0 saturated carbocycles. The van der Waals surface area contributed by atoms with Crippen molar-refractivity contribution in [2.75, 3.05) is 32.7 Å². The summed E-state index contributed by atoms with van der Waals surface area (Å²) in [6.45, 7) is 7.31. The van der Waals surface area contributed by atoms with Crippen LogP contribution in [0.1, 0.15) is 39.5 Å². The summed E-state index contributed by atoms with van der Waals surface area (Å²) in [7, 11) is 0. The number of rotatable bonds is 5. The van der Waals surface area contributed by atoms with Crippen LogP contribution in [-0.2, 0) is 14.3 Å². The lowest BCUT2D eigenvalue weighted by molar-refractivity contribution is -0.147. The summed E-state index contributed by atoms with van der Waals surface area (Å²) in [5, 5.41) is 0. The summed E-state index contributed by atoms with van der Waals surface area (Å²) in [5.74, 6) is 0.368. The molecule has 2 heterocycles. The maximum absolute atomic E-state index is 12.4. The minimum atomic E-state index is -0.330. The fraction of sp³-hybridized carbons (Fsp3) is 0.875. The Kier molecular flexibility index (Phi) is 8.29. The number of hydrogen-bond acceptors (Lipinski definition) is 4. The van der Waals surface area contributed by atoms with Gasteiger partial charge in [0.05, 0.1) is 6.10 Å². The quantitative estimate of drug-likeness (QED) is 0.805. The predicted molar refractivity (Wildman–Crippen MR) is 91.4 cm³/mol. The molecule has 0 aromatic carbocycles. The molecule has 0 aliphatic carbocycles. The number of likely N-dealkylation sites (tertiary alicyclic amines) is 1. The van der Waals surface area contributed by atoms with E-state index in [9.17, 15) is 9.59 Å². The number of ether oxygens (including phenoxy) is 1. The molecule has 6 nitrogen and oxygen atoms in total. The van der Waals surface area contributed by atoms with Gasteiger partial charge in [0.15, 0.2) is 0 Å². The third kappa shape index (κ3) is 4.81. The van der Waals surface area contributed by atoms with Gasteiger partial charge in [0, 0.05) is 38.6 Å². The molecule has 134 valence electrons. The molecule has 2 aliphatic heterocycles. The van der Waals surface area contributed by atoms with Crippen molar-refractivity contribution in [1.82, 2.24) is 9.80 Å². The molecule has 0 aromatic heterocycles. The van der Waals surface area contributed by atoms with Crippen LogP contribution in [0, 0.1) is 5.92 Å². The van der Waals surface area contributed by atoms with E-state index in [1.54, 1.807) is 0 Å². The number of hydrogen-bond donors (Lipinski definition) is 1. The molecule has 2 saturated heterocycles. The third-order valence-corrected chi connectivity index (χ3v) is 4.88. The van der Waals surface area contributed by atoms with E-state index < -0.39 is 0 Å². The van der Waals surface area contributed by atoms with E-state index in [1.807, 2.05) is 23.6 Å². The fourth-order valence-electron chi connectivity index (χ4n) is 3.40. The van der Waals surface area contributed by atoms with Crippen LogP contribution in [0.5, 0.6) is 0 Å². The monoisotopic (exact) mass is 347 g/mol. The van der Waals surface area contributed by atoms with Crippen LogP contribution < -0.4 is 5.73 Å². The highest BCUT2D eigenvalue weighted by Crippen LogP contribution is 2.24. The van der Waals surface area contributed by atoms with Crippen molar-refractivity contribution in [2.24, 2.45) is 11.7 Å². The SMILES string of the molecule is CCN(CC)C(=O)C1CCN(C(=O)[C@@H]2CC[C@H](CN)O2)CC1.Cl. The predicted octanol–water partition coefficient (Wildman–Crippen LogP) is 1.02. The minimum Gasteiger partial charge on any atom is -0.364 e. The Hall–Kier alpha value is -0.850. The molecule has 2 atom stereocenters. The van der Waals surface area contributed by atoms with Gasteiger partial charge in [-0.15, -0.1) is 12.4 Å². The summed E-state index contributed by atoms with van der Waals surface area (Å²) in [5.41, 5.74) is 5.59. The maximum atomic E-state index is 12.4. The van der Waals surface area contributed by atoms with Crippen molar-refractivity contribution in [2.45, 2.75) is 51.7 Å². The van der Waals surface area contributed by atoms with Gasteiger partial charge in [-0.2, -0.15) is 0 Å². The molecule has 2 fully saturated rings. The van der Waals surface area contributed by atoms with Crippen LogP contribution in [0.15, 0.2) is 0 Å². The van der Waals surface area contributed by atoms with Crippen molar-refractivity contribution in [3.05, 3.63) is 0 Å². The molecule has 0 radical (unpaired) electrons. The van der Waals surface area contributed by atoms with Gasteiger partial charge >= 0.3 is 0 Å². The average Bonchev–Trinajstić information content (AvgIpc) is 3.04. The molecule has 0 aromatic rings. The Morgan fingerprint density at radius 3 is 2.22 bits per heavy atom. The van der Waals surface area contributed by atoms with Gasteiger partial charge < -0.3 is 20.3 Å². The topological polar surface area (TPSA) is 75.9 Å². The summed E-state index contributed by atoms with van der Waals surface area (Å²) in [4.78, 5) is 28.5. The first kappa shape index (κ1) is 20.2. The zero-order chi connectivity index (χ0) is 16.1. The smallest absolute Gasteiger partial charge is 0.251 e. The zero-order valence-corrected chi connectivity index (χ0v) is 15.0. The van der Waals surface area contributed by atoms with Crippen LogP contribution in [0.2, 0.25) is 0 Å². The second kappa shape index (κ2) is 9.45. The van der Waals surface area contributed by atoms with E-state index in [0.717, 1.165) is 38.8 Å². The molecule has 0 unspecified atom stereocenters. The van der Waals surface area contributed by atoms with Gasteiger partial charge in [-0.05, 0) is 39.5 Å². The van der Waals surface area contributed by atoms with Gasteiger partial charge in [-0.3, -0.25) is 9.59 Å². The van der Waals surface area contributed by atoms with Gasteiger partial charge in [0.2, 0.25) is 5.91 Å². The van der Waals surface area contributed by atoms with E-state index in [-0.39, 0.29) is 42.3 Å². The van der Waals surface area contributed by atoms with Crippen molar-refractivity contribution < 1.29 is 14.3 Å². The maximum Gasteiger partial charge on any atom is 0.251 e. The number of nitrogens with two attached hydrogens (primary N) is 1. The van der Waals surface area contributed by atoms with Crippen molar-refractivity contribution in [3.8, 4) is 0 Å². The number of piperidine rings is 1. The third-order valence-electron chi connectivity index (χ3n) is 4.88. The van der Waals surface area contributed by atoms with Gasteiger partial charge in [-0.1, -0.05) is 0 Å². The summed E-state index contributed by atoms with van der Waals surface area (Å²) in [6, 6.07) is 0. The van der Waals surface area contributed by atoms with E-state index in [2.05, 4.69) is 0 Å². The summed E-state index contributed by atoms with van der Waals surface area (Å²) in [6.07, 6.45) is 2.84. The number of carbonyl (C=O) groups is 2. The Bertz CT molecular complexity index is 396. The first-order valence-corrected chi connectivity index (χ1v) is 8.53. The van der Waals surface area contributed by atoms with Gasteiger partial charge in [0.25, 0.3) is 5.91 Å². The molecule has 7 heteroatoms. The first-order chi connectivity index (χ1) is 10.6. The molecule has 2 N–H and O–H groups in total. The minimum absolute atomic E-state index is 0. The highest BCUT2D eigenvalue weighted by molar-refractivity contribution is 5.85. The fourth-order valence-corrected chi connectivity index (χ4v) is 3.40. The zero-order valence-electron chi connectivity index (χ0n) is 14.2. The van der Waals surface area contributed by atoms with Crippen molar-refractivity contribution in [3.63, 3.8) is 0 Å². The molecule has 2 aliphatic rings. The second-order valence-corrected chi connectivity index (χ2v) is 6.17. The van der Waals surface area contributed by atoms with Crippen LogP contribution in [-0.4, -0.2) is 66.5 Å². The summed E-state index contributed by atoms with van der Waals surface area (Å²) < 4.78 is 5.68. The van der Waals surface area contributed by atoms with Crippen LogP contribution in [0.4, 0.5) is 0 Å². The van der Waals surface area contributed by atoms with Crippen molar-refractivity contribution >= 4 is 24.2 Å².